The quantitative estimate of drug-likeness (QED) is 0.311. The number of benzene rings is 1. The van der Waals surface area contributed by atoms with Gasteiger partial charge in [0.05, 0.1) is 0 Å². The summed E-state index contributed by atoms with van der Waals surface area (Å²) in [6.45, 7) is 6.93. The van der Waals surface area contributed by atoms with Crippen molar-refractivity contribution in [3.05, 3.63) is 35.1 Å². The maximum atomic E-state index is 13.9. The molecule has 20 heavy (non-hydrogen) atoms. The fraction of sp³-hybridized carbons (Fsp3) is 0.533. The summed E-state index contributed by atoms with van der Waals surface area (Å²) in [5, 5.41) is 14.8. The molecule has 0 aliphatic heterocycles. The lowest BCUT2D eigenvalue weighted by Gasteiger charge is -2.22. The SMILES string of the molecule is CCC(CC)C(C)NCc1ccc(C(N)=NO)cc1F. The van der Waals surface area contributed by atoms with Crippen LogP contribution in [-0.4, -0.2) is 17.1 Å². The summed E-state index contributed by atoms with van der Waals surface area (Å²) in [5.74, 6) is 0.154. The van der Waals surface area contributed by atoms with Crippen molar-refractivity contribution in [3.63, 3.8) is 0 Å². The highest BCUT2D eigenvalue weighted by atomic mass is 19.1. The van der Waals surface area contributed by atoms with Gasteiger partial charge in [-0.25, -0.2) is 4.39 Å². The summed E-state index contributed by atoms with van der Waals surface area (Å²) in [6.07, 6.45) is 2.21. The Balaban J connectivity index is 2.70. The number of nitrogens with zero attached hydrogens (tertiary/aromatic N) is 1. The van der Waals surface area contributed by atoms with Crippen molar-refractivity contribution in [1.29, 1.82) is 0 Å². The minimum Gasteiger partial charge on any atom is -0.409 e. The van der Waals surface area contributed by atoms with E-state index in [1.807, 2.05) is 0 Å². The molecule has 0 radical (unpaired) electrons. The van der Waals surface area contributed by atoms with Crippen LogP contribution in [0, 0.1) is 11.7 Å². The Morgan fingerprint density at radius 3 is 2.55 bits per heavy atom. The van der Waals surface area contributed by atoms with Crippen molar-refractivity contribution in [1.82, 2.24) is 5.32 Å². The van der Waals surface area contributed by atoms with Crippen LogP contribution < -0.4 is 11.1 Å². The van der Waals surface area contributed by atoms with Crippen LogP contribution >= 0.6 is 0 Å². The standard InChI is InChI=1S/C15H24FN3O/c1-4-11(5-2)10(3)18-9-13-7-6-12(8-14(13)16)15(17)19-20/h6-8,10-11,18,20H,4-5,9H2,1-3H3,(H2,17,19). The first-order valence-corrected chi connectivity index (χ1v) is 7.03. The van der Waals surface area contributed by atoms with E-state index in [1.54, 1.807) is 12.1 Å². The molecule has 4 nitrogen and oxygen atoms in total. The second-order valence-corrected chi connectivity index (χ2v) is 5.04. The Morgan fingerprint density at radius 2 is 2.05 bits per heavy atom. The van der Waals surface area contributed by atoms with Gasteiger partial charge in [0.25, 0.3) is 0 Å². The van der Waals surface area contributed by atoms with Gasteiger partial charge in [-0.3, -0.25) is 0 Å². The molecular weight excluding hydrogens is 257 g/mol. The number of halogens is 1. The van der Waals surface area contributed by atoms with E-state index in [9.17, 15) is 4.39 Å². The van der Waals surface area contributed by atoms with Crippen LogP contribution in [0.15, 0.2) is 23.4 Å². The van der Waals surface area contributed by atoms with E-state index in [0.29, 0.717) is 29.6 Å². The van der Waals surface area contributed by atoms with Crippen molar-refractivity contribution in [2.24, 2.45) is 16.8 Å². The van der Waals surface area contributed by atoms with Gasteiger partial charge in [0.2, 0.25) is 0 Å². The highest BCUT2D eigenvalue weighted by Gasteiger charge is 2.14. The first-order chi connectivity index (χ1) is 9.53. The zero-order valence-electron chi connectivity index (χ0n) is 12.4. The van der Waals surface area contributed by atoms with Crippen LogP contribution in [0.25, 0.3) is 0 Å². The van der Waals surface area contributed by atoms with E-state index < -0.39 is 0 Å². The van der Waals surface area contributed by atoms with E-state index in [-0.39, 0.29) is 11.7 Å². The molecule has 0 heterocycles. The molecule has 0 saturated heterocycles. The minimum absolute atomic E-state index is 0.0891. The Morgan fingerprint density at radius 1 is 1.40 bits per heavy atom. The molecule has 1 aromatic carbocycles. The number of oxime groups is 1. The molecule has 112 valence electrons. The van der Waals surface area contributed by atoms with E-state index in [1.165, 1.54) is 6.07 Å². The van der Waals surface area contributed by atoms with Crippen LogP contribution in [0.2, 0.25) is 0 Å². The summed E-state index contributed by atoms with van der Waals surface area (Å²) in [4.78, 5) is 0. The molecule has 0 aliphatic rings. The topological polar surface area (TPSA) is 70.6 Å². The molecule has 0 bridgehead atoms. The molecule has 1 atom stereocenters. The number of nitrogens with two attached hydrogens (primary N) is 1. The highest BCUT2D eigenvalue weighted by molar-refractivity contribution is 5.97. The molecule has 1 rings (SSSR count). The molecule has 0 fully saturated rings. The molecular formula is C15H24FN3O. The molecule has 0 aliphatic carbocycles. The normalized spacial score (nSPS) is 13.8. The van der Waals surface area contributed by atoms with Crippen molar-refractivity contribution >= 4 is 5.84 Å². The Bertz CT molecular complexity index is 458. The monoisotopic (exact) mass is 281 g/mol. The van der Waals surface area contributed by atoms with Gasteiger partial charge in [-0.15, -0.1) is 0 Å². The number of hydrogen-bond acceptors (Lipinski definition) is 3. The first-order valence-electron chi connectivity index (χ1n) is 7.03. The van der Waals surface area contributed by atoms with Gasteiger partial charge in [0, 0.05) is 23.7 Å². The smallest absolute Gasteiger partial charge is 0.170 e. The van der Waals surface area contributed by atoms with Crippen LogP contribution in [0.5, 0.6) is 0 Å². The molecule has 4 N–H and O–H groups in total. The minimum atomic E-state index is -0.349. The average Bonchev–Trinajstić information content (AvgIpc) is 2.46. The van der Waals surface area contributed by atoms with Crippen molar-refractivity contribution < 1.29 is 9.60 Å². The lowest BCUT2D eigenvalue weighted by molar-refractivity contribution is 0.318. The third-order valence-electron chi connectivity index (χ3n) is 3.83. The molecule has 0 amide bonds. The van der Waals surface area contributed by atoms with E-state index in [4.69, 9.17) is 10.9 Å². The summed E-state index contributed by atoms with van der Waals surface area (Å²) >= 11 is 0. The number of hydrogen-bond donors (Lipinski definition) is 3. The molecule has 0 aromatic heterocycles. The van der Waals surface area contributed by atoms with E-state index >= 15 is 0 Å². The van der Waals surface area contributed by atoms with Gasteiger partial charge in [-0.05, 0) is 18.9 Å². The van der Waals surface area contributed by atoms with Crippen LogP contribution in [-0.2, 0) is 6.54 Å². The van der Waals surface area contributed by atoms with E-state index in [0.717, 1.165) is 12.8 Å². The van der Waals surface area contributed by atoms with Gasteiger partial charge >= 0.3 is 0 Å². The molecule has 0 spiro atoms. The van der Waals surface area contributed by atoms with Crippen molar-refractivity contribution in [3.8, 4) is 0 Å². The second-order valence-electron chi connectivity index (χ2n) is 5.04. The zero-order valence-corrected chi connectivity index (χ0v) is 12.4. The number of rotatable bonds is 7. The summed E-state index contributed by atoms with van der Waals surface area (Å²) < 4.78 is 13.9. The van der Waals surface area contributed by atoms with Gasteiger partial charge < -0.3 is 16.3 Å². The summed E-state index contributed by atoms with van der Waals surface area (Å²) in [7, 11) is 0. The van der Waals surface area contributed by atoms with Gasteiger partial charge in [0.1, 0.15) is 5.82 Å². The highest BCUT2D eigenvalue weighted by Crippen LogP contribution is 2.15. The average molecular weight is 281 g/mol. The molecule has 1 aromatic rings. The second kappa shape index (κ2) is 7.85. The predicted molar refractivity (Wildman–Crippen MR) is 79.3 cm³/mol. The lowest BCUT2D eigenvalue weighted by Crippen LogP contribution is -2.32. The fourth-order valence-electron chi connectivity index (χ4n) is 2.34. The van der Waals surface area contributed by atoms with Gasteiger partial charge in [0.15, 0.2) is 5.84 Å². The van der Waals surface area contributed by atoms with Gasteiger partial charge in [-0.2, -0.15) is 0 Å². The number of amidine groups is 1. The molecule has 5 heteroatoms. The lowest BCUT2D eigenvalue weighted by atomic mass is 9.95. The maximum absolute atomic E-state index is 13.9. The summed E-state index contributed by atoms with van der Waals surface area (Å²) in [5.41, 5.74) is 6.39. The Kier molecular flexibility index (Phi) is 6.45. The van der Waals surface area contributed by atoms with Crippen LogP contribution in [0.1, 0.15) is 44.7 Å². The van der Waals surface area contributed by atoms with Crippen LogP contribution in [0.3, 0.4) is 0 Å². The fourth-order valence-corrected chi connectivity index (χ4v) is 2.34. The third kappa shape index (κ3) is 4.20. The first kappa shape index (κ1) is 16.4. The van der Waals surface area contributed by atoms with Crippen molar-refractivity contribution in [2.75, 3.05) is 0 Å². The van der Waals surface area contributed by atoms with Crippen molar-refractivity contribution in [2.45, 2.75) is 46.2 Å². The largest absolute Gasteiger partial charge is 0.409 e. The van der Waals surface area contributed by atoms with E-state index in [2.05, 4.69) is 31.2 Å². The van der Waals surface area contributed by atoms with Gasteiger partial charge in [-0.1, -0.05) is 44.0 Å². The predicted octanol–water partition coefficient (Wildman–Crippen LogP) is 2.83. The zero-order chi connectivity index (χ0) is 15.1. The molecule has 0 saturated carbocycles. The summed E-state index contributed by atoms with van der Waals surface area (Å²) in [6, 6.07) is 4.94. The number of nitrogens with one attached hydrogen (secondary N) is 1. The maximum Gasteiger partial charge on any atom is 0.170 e. The van der Waals surface area contributed by atoms with Crippen LogP contribution in [0.4, 0.5) is 4.39 Å². The Labute approximate surface area is 119 Å². The Hall–Kier alpha value is -1.62. The third-order valence-corrected chi connectivity index (χ3v) is 3.83. The molecule has 1 unspecified atom stereocenters.